The molecule has 35 heavy (non-hydrogen) atoms. The van der Waals surface area contributed by atoms with E-state index >= 15 is 0 Å². The molecular weight excluding hydrogens is 434 g/mol. The average molecular weight is 478 g/mol. The third-order valence-corrected chi connectivity index (χ3v) is 10.7. The van der Waals surface area contributed by atoms with Crippen molar-refractivity contribution >= 4 is 5.91 Å². The number of carbonyl (C=O) groups excluding carboxylic acids is 1. The van der Waals surface area contributed by atoms with E-state index in [1.165, 1.54) is 69.5 Å². The van der Waals surface area contributed by atoms with E-state index in [2.05, 4.69) is 21.1 Å². The maximum Gasteiger partial charge on any atom is 0.274 e. The molecule has 6 fully saturated rings. The van der Waals surface area contributed by atoms with E-state index in [-0.39, 0.29) is 5.91 Å². The fourth-order valence-electron chi connectivity index (χ4n) is 9.39. The van der Waals surface area contributed by atoms with E-state index in [0.717, 1.165) is 74.2 Å². The Morgan fingerprint density at radius 2 is 1.57 bits per heavy atom. The Morgan fingerprint density at radius 3 is 2.23 bits per heavy atom. The van der Waals surface area contributed by atoms with E-state index in [1.807, 2.05) is 11.0 Å². The highest BCUT2D eigenvalue weighted by Crippen LogP contribution is 2.55. The monoisotopic (exact) mass is 477 g/mol. The highest BCUT2D eigenvalue weighted by molar-refractivity contribution is 5.94. The molecule has 1 unspecified atom stereocenters. The molecule has 6 heteroatoms. The number of fused-ring (bicyclic) bond motifs is 1. The fourth-order valence-corrected chi connectivity index (χ4v) is 9.39. The van der Waals surface area contributed by atoms with E-state index in [1.54, 1.807) is 6.42 Å². The third-order valence-electron chi connectivity index (χ3n) is 10.7. The van der Waals surface area contributed by atoms with Gasteiger partial charge in [0.25, 0.3) is 5.91 Å². The molecular formula is C29H43N5O. The van der Waals surface area contributed by atoms with Crippen LogP contribution in [0.5, 0.6) is 0 Å². The van der Waals surface area contributed by atoms with Gasteiger partial charge >= 0.3 is 0 Å². The first-order chi connectivity index (χ1) is 17.2. The summed E-state index contributed by atoms with van der Waals surface area (Å²) >= 11 is 0. The lowest BCUT2D eigenvalue weighted by Crippen LogP contribution is -2.61. The third kappa shape index (κ3) is 3.90. The smallest absolute Gasteiger partial charge is 0.274 e. The topological polar surface area (TPSA) is 44.6 Å². The second-order valence-corrected chi connectivity index (χ2v) is 12.6. The molecule has 3 heterocycles. The first-order valence-corrected chi connectivity index (χ1v) is 14.6. The Bertz CT molecular complexity index is 942. The van der Waals surface area contributed by atoms with Crippen LogP contribution in [0.1, 0.15) is 73.1 Å². The molecule has 2 saturated heterocycles. The minimum Gasteiger partial charge on any atom is -0.337 e. The van der Waals surface area contributed by atoms with Crippen molar-refractivity contribution in [3.8, 4) is 0 Å². The van der Waals surface area contributed by atoms with Crippen molar-refractivity contribution in [3.63, 3.8) is 0 Å². The number of hydrogen-bond acceptors (Lipinski definition) is 4. The molecule has 1 aromatic rings. The number of likely N-dealkylation sites (tertiary alicyclic amines) is 1. The van der Waals surface area contributed by atoms with Gasteiger partial charge in [0.15, 0.2) is 5.69 Å². The Labute approximate surface area is 210 Å². The number of rotatable bonds is 5. The van der Waals surface area contributed by atoms with Crippen molar-refractivity contribution in [3.05, 3.63) is 29.6 Å². The van der Waals surface area contributed by atoms with Gasteiger partial charge in [0, 0.05) is 62.6 Å². The second kappa shape index (κ2) is 9.02. The van der Waals surface area contributed by atoms with Crippen molar-refractivity contribution in [1.29, 1.82) is 0 Å². The van der Waals surface area contributed by atoms with Crippen molar-refractivity contribution < 1.29 is 4.79 Å². The summed E-state index contributed by atoms with van der Waals surface area (Å²) in [7, 11) is 0. The van der Waals surface area contributed by atoms with Gasteiger partial charge in [-0.3, -0.25) is 19.3 Å². The summed E-state index contributed by atoms with van der Waals surface area (Å²) in [5.41, 5.74) is 3.26. The Balaban J connectivity index is 1.04. The molecule has 1 amide bonds. The Kier molecular flexibility index (Phi) is 5.81. The standard InChI is InChI=1S/C29H43N5O/c1-2-7-34-26-6-5-24(19-25(26)27(30-34)29(35)33-8-3-4-9-33)31-10-12-32(13-11-31)28-22-15-20-14-21(17-22)18-23(28)16-20/h2,20-24,28H,1,3-19H2. The van der Waals surface area contributed by atoms with Gasteiger partial charge < -0.3 is 4.90 Å². The summed E-state index contributed by atoms with van der Waals surface area (Å²) in [5.74, 6) is 4.26. The summed E-state index contributed by atoms with van der Waals surface area (Å²) < 4.78 is 2.06. The van der Waals surface area contributed by atoms with Crippen LogP contribution in [0.25, 0.3) is 0 Å². The van der Waals surface area contributed by atoms with Crippen LogP contribution in [0.3, 0.4) is 0 Å². The van der Waals surface area contributed by atoms with Gasteiger partial charge in [-0.2, -0.15) is 5.10 Å². The van der Waals surface area contributed by atoms with Crippen LogP contribution in [0.2, 0.25) is 0 Å². The van der Waals surface area contributed by atoms with Gasteiger partial charge in [-0.25, -0.2) is 0 Å². The Morgan fingerprint density at radius 1 is 0.914 bits per heavy atom. The van der Waals surface area contributed by atoms with Crippen LogP contribution in [0.4, 0.5) is 0 Å². The van der Waals surface area contributed by atoms with Gasteiger partial charge in [0.2, 0.25) is 0 Å². The van der Waals surface area contributed by atoms with Crippen molar-refractivity contribution in [1.82, 2.24) is 24.5 Å². The van der Waals surface area contributed by atoms with Crippen LogP contribution >= 0.6 is 0 Å². The summed E-state index contributed by atoms with van der Waals surface area (Å²) in [6.07, 6.45) is 15.0. The van der Waals surface area contributed by atoms with Gasteiger partial charge in [-0.05, 0) is 87.9 Å². The molecule has 0 spiro atoms. The van der Waals surface area contributed by atoms with Gasteiger partial charge in [-0.15, -0.1) is 6.58 Å². The van der Waals surface area contributed by atoms with Crippen molar-refractivity contribution in [2.45, 2.75) is 82.8 Å². The summed E-state index contributed by atoms with van der Waals surface area (Å²) in [6.45, 7) is 11.3. The molecule has 0 aromatic carbocycles. The maximum absolute atomic E-state index is 13.4. The van der Waals surface area contributed by atoms with E-state index in [9.17, 15) is 4.79 Å². The fraction of sp³-hybridized carbons (Fsp3) is 0.793. The van der Waals surface area contributed by atoms with Crippen LogP contribution < -0.4 is 0 Å². The molecule has 1 atom stereocenters. The minimum absolute atomic E-state index is 0.161. The van der Waals surface area contributed by atoms with E-state index in [4.69, 9.17) is 5.10 Å². The van der Waals surface area contributed by atoms with Crippen molar-refractivity contribution in [2.75, 3.05) is 39.3 Å². The average Bonchev–Trinajstić information content (AvgIpc) is 3.52. The van der Waals surface area contributed by atoms with Crippen LogP contribution in [0.15, 0.2) is 12.7 Å². The number of hydrogen-bond donors (Lipinski definition) is 0. The molecule has 1 aromatic heterocycles. The van der Waals surface area contributed by atoms with Crippen LogP contribution in [-0.2, 0) is 19.4 Å². The predicted molar refractivity (Wildman–Crippen MR) is 137 cm³/mol. The minimum atomic E-state index is 0.161. The molecule has 5 aliphatic carbocycles. The molecule has 7 aliphatic rings. The summed E-state index contributed by atoms with van der Waals surface area (Å²) in [4.78, 5) is 21.0. The molecule has 0 N–H and O–H groups in total. The van der Waals surface area contributed by atoms with E-state index in [0.29, 0.717) is 12.6 Å². The first-order valence-electron chi connectivity index (χ1n) is 14.6. The van der Waals surface area contributed by atoms with Crippen LogP contribution in [-0.4, -0.2) is 81.7 Å². The molecule has 6 nitrogen and oxygen atoms in total. The zero-order valence-corrected chi connectivity index (χ0v) is 21.4. The van der Waals surface area contributed by atoms with Crippen molar-refractivity contribution in [2.24, 2.45) is 23.7 Å². The lowest BCUT2D eigenvalue weighted by atomic mass is 9.54. The molecule has 8 rings (SSSR count). The number of amides is 1. The molecule has 0 radical (unpaired) electrons. The summed E-state index contributed by atoms with van der Waals surface area (Å²) in [5, 5.41) is 4.85. The highest BCUT2D eigenvalue weighted by atomic mass is 16.2. The van der Waals surface area contributed by atoms with Gasteiger partial charge in [0.1, 0.15) is 0 Å². The largest absolute Gasteiger partial charge is 0.337 e. The number of aromatic nitrogens is 2. The first kappa shape index (κ1) is 22.5. The number of piperazine rings is 1. The zero-order chi connectivity index (χ0) is 23.5. The number of carbonyl (C=O) groups is 1. The predicted octanol–water partition coefficient (Wildman–Crippen LogP) is 3.60. The van der Waals surface area contributed by atoms with Crippen LogP contribution in [0, 0.1) is 23.7 Å². The molecule has 2 aliphatic heterocycles. The quantitative estimate of drug-likeness (QED) is 0.608. The molecule has 4 saturated carbocycles. The van der Waals surface area contributed by atoms with Gasteiger partial charge in [-0.1, -0.05) is 6.08 Å². The maximum atomic E-state index is 13.4. The van der Waals surface area contributed by atoms with Gasteiger partial charge in [0.05, 0.1) is 6.54 Å². The summed E-state index contributed by atoms with van der Waals surface area (Å²) in [6, 6.07) is 1.43. The lowest BCUT2D eigenvalue weighted by Gasteiger charge is -2.58. The zero-order valence-electron chi connectivity index (χ0n) is 21.4. The molecule has 4 bridgehead atoms. The second-order valence-electron chi connectivity index (χ2n) is 12.6. The van der Waals surface area contributed by atoms with E-state index < -0.39 is 0 Å². The normalized spacial score (nSPS) is 37.1. The Hall–Kier alpha value is -1.66. The number of nitrogens with zero attached hydrogens (tertiary/aromatic N) is 5. The highest BCUT2D eigenvalue weighted by Gasteiger charge is 2.50. The SMILES string of the molecule is C=CCn1nc(C(=O)N2CCCC2)c2c1CCC(N1CCN(C3C4CC5CC(C4)CC3C5)CC1)C2. The molecule has 190 valence electrons. The lowest BCUT2D eigenvalue weighted by molar-refractivity contribution is -0.0794. The number of allylic oxidation sites excluding steroid dienone is 1.